The molecule has 4 nitrogen and oxygen atoms in total. The molecule has 0 aliphatic rings. The summed E-state index contributed by atoms with van der Waals surface area (Å²) < 4.78 is 5.78. The van der Waals surface area contributed by atoms with Crippen molar-refractivity contribution in [1.82, 2.24) is 9.97 Å². The predicted octanol–water partition coefficient (Wildman–Crippen LogP) is 4.00. The first-order valence-electron chi connectivity index (χ1n) is 7.46. The quantitative estimate of drug-likeness (QED) is 0.835. The molecule has 0 saturated carbocycles. The van der Waals surface area contributed by atoms with Gasteiger partial charge in [-0.15, -0.1) is 0 Å². The second kappa shape index (κ2) is 7.62. The summed E-state index contributed by atoms with van der Waals surface area (Å²) in [7, 11) is 0. The molecule has 0 bridgehead atoms. The molecule has 0 atom stereocenters. The van der Waals surface area contributed by atoms with Crippen molar-refractivity contribution in [3.63, 3.8) is 0 Å². The maximum absolute atomic E-state index is 5.78. The van der Waals surface area contributed by atoms with Crippen LogP contribution in [0.1, 0.15) is 44.4 Å². The van der Waals surface area contributed by atoms with E-state index in [1.807, 2.05) is 12.1 Å². The number of aromatic nitrogens is 2. The van der Waals surface area contributed by atoms with Gasteiger partial charge in [-0.3, -0.25) is 4.98 Å². The smallest absolute Gasteiger partial charge is 0.144 e. The van der Waals surface area contributed by atoms with Crippen LogP contribution in [0.2, 0.25) is 0 Å². The van der Waals surface area contributed by atoms with Gasteiger partial charge < -0.3 is 10.1 Å². The van der Waals surface area contributed by atoms with E-state index in [0.29, 0.717) is 12.5 Å². The van der Waals surface area contributed by atoms with Crippen LogP contribution in [0.3, 0.4) is 0 Å². The first-order valence-corrected chi connectivity index (χ1v) is 7.46. The van der Waals surface area contributed by atoms with Crippen LogP contribution < -0.4 is 10.1 Å². The molecule has 0 spiro atoms. The second-order valence-corrected chi connectivity index (χ2v) is 5.34. The van der Waals surface area contributed by atoms with Crippen LogP contribution in [-0.4, -0.2) is 16.5 Å². The fourth-order valence-corrected chi connectivity index (χ4v) is 1.89. The summed E-state index contributed by atoms with van der Waals surface area (Å²) in [4.78, 5) is 8.67. The third-order valence-electron chi connectivity index (χ3n) is 3.17. The molecule has 0 amide bonds. The largest absolute Gasteiger partial charge is 0.487 e. The van der Waals surface area contributed by atoms with Crippen LogP contribution in [0.5, 0.6) is 5.75 Å². The third-order valence-corrected chi connectivity index (χ3v) is 3.17. The summed E-state index contributed by atoms with van der Waals surface area (Å²) in [5.41, 5.74) is 2.10. The van der Waals surface area contributed by atoms with Crippen molar-refractivity contribution in [3.05, 3.63) is 47.9 Å². The van der Waals surface area contributed by atoms with Gasteiger partial charge in [-0.1, -0.05) is 32.9 Å². The first kappa shape index (κ1) is 15.3. The topological polar surface area (TPSA) is 47.0 Å². The van der Waals surface area contributed by atoms with E-state index in [1.165, 1.54) is 5.56 Å². The highest BCUT2D eigenvalue weighted by Crippen LogP contribution is 2.20. The van der Waals surface area contributed by atoms with Gasteiger partial charge in [0.1, 0.15) is 18.2 Å². The molecule has 21 heavy (non-hydrogen) atoms. The first-order chi connectivity index (χ1) is 10.2. The Hall–Kier alpha value is -2.10. The van der Waals surface area contributed by atoms with E-state index in [2.05, 4.69) is 48.2 Å². The highest BCUT2D eigenvalue weighted by atomic mass is 16.5. The highest BCUT2D eigenvalue weighted by molar-refractivity contribution is 5.32. The lowest BCUT2D eigenvalue weighted by Crippen LogP contribution is -2.04. The average Bonchev–Trinajstić information content (AvgIpc) is 2.52. The molecular weight excluding hydrogens is 262 g/mol. The number of hydrogen-bond acceptors (Lipinski definition) is 4. The molecule has 1 heterocycles. The molecule has 1 N–H and O–H groups in total. The van der Waals surface area contributed by atoms with E-state index in [-0.39, 0.29) is 0 Å². The summed E-state index contributed by atoms with van der Waals surface area (Å²) >= 11 is 0. The van der Waals surface area contributed by atoms with Gasteiger partial charge >= 0.3 is 0 Å². The molecule has 4 heteroatoms. The van der Waals surface area contributed by atoms with Crippen molar-refractivity contribution < 1.29 is 4.74 Å². The number of rotatable bonds is 7. The maximum Gasteiger partial charge on any atom is 0.144 e. The van der Waals surface area contributed by atoms with Gasteiger partial charge in [-0.2, -0.15) is 0 Å². The number of anilines is 1. The third kappa shape index (κ3) is 4.74. The molecule has 2 rings (SSSR count). The summed E-state index contributed by atoms with van der Waals surface area (Å²) in [6.07, 6.45) is 4.57. The monoisotopic (exact) mass is 285 g/mol. The summed E-state index contributed by atoms with van der Waals surface area (Å²) in [6.45, 7) is 7.81. The van der Waals surface area contributed by atoms with Crippen molar-refractivity contribution in [2.24, 2.45) is 0 Å². The summed E-state index contributed by atoms with van der Waals surface area (Å²) in [6, 6.07) is 8.19. The van der Waals surface area contributed by atoms with E-state index in [0.717, 1.165) is 30.2 Å². The molecule has 1 aromatic carbocycles. The van der Waals surface area contributed by atoms with E-state index >= 15 is 0 Å². The zero-order valence-electron chi connectivity index (χ0n) is 13.0. The van der Waals surface area contributed by atoms with Crippen LogP contribution >= 0.6 is 0 Å². The number of nitrogens with one attached hydrogen (secondary N) is 1. The van der Waals surface area contributed by atoms with Crippen molar-refractivity contribution in [2.45, 2.75) is 39.7 Å². The molecular formula is C17H23N3O. The van der Waals surface area contributed by atoms with Crippen LogP contribution in [-0.2, 0) is 6.61 Å². The van der Waals surface area contributed by atoms with E-state index < -0.39 is 0 Å². The SMILES string of the molecule is CCCNc1cnc(COc2cccc(C(C)C)c2)cn1. The number of ether oxygens (including phenoxy) is 1. The lowest BCUT2D eigenvalue weighted by molar-refractivity contribution is 0.300. The molecule has 2 aromatic rings. The minimum Gasteiger partial charge on any atom is -0.487 e. The molecule has 0 unspecified atom stereocenters. The number of hydrogen-bond donors (Lipinski definition) is 1. The Labute approximate surface area is 126 Å². The fraction of sp³-hybridized carbons (Fsp3) is 0.412. The average molecular weight is 285 g/mol. The fourth-order valence-electron chi connectivity index (χ4n) is 1.89. The Kier molecular flexibility index (Phi) is 5.55. The van der Waals surface area contributed by atoms with Crippen LogP contribution in [0, 0.1) is 0 Å². The Bertz CT molecular complexity index is 552. The lowest BCUT2D eigenvalue weighted by Gasteiger charge is -2.10. The maximum atomic E-state index is 5.78. The number of nitrogens with zero attached hydrogens (tertiary/aromatic N) is 2. The van der Waals surface area contributed by atoms with Gasteiger partial charge in [0, 0.05) is 6.54 Å². The summed E-state index contributed by atoms with van der Waals surface area (Å²) in [5.74, 6) is 2.18. The van der Waals surface area contributed by atoms with Crippen LogP contribution in [0.4, 0.5) is 5.82 Å². The minimum atomic E-state index is 0.433. The molecule has 0 aliphatic heterocycles. The molecule has 1 aromatic heterocycles. The van der Waals surface area contributed by atoms with E-state index in [9.17, 15) is 0 Å². The Balaban J connectivity index is 1.92. The second-order valence-electron chi connectivity index (χ2n) is 5.34. The molecule has 0 radical (unpaired) electrons. The number of benzene rings is 1. The Morgan fingerprint density at radius 2 is 2.05 bits per heavy atom. The van der Waals surface area contributed by atoms with Crippen LogP contribution in [0.15, 0.2) is 36.7 Å². The predicted molar refractivity (Wildman–Crippen MR) is 85.7 cm³/mol. The molecule has 112 valence electrons. The zero-order valence-corrected chi connectivity index (χ0v) is 13.0. The van der Waals surface area contributed by atoms with Gasteiger partial charge in [0.25, 0.3) is 0 Å². The van der Waals surface area contributed by atoms with Crippen LogP contribution in [0.25, 0.3) is 0 Å². The molecule has 0 fully saturated rings. The summed E-state index contributed by atoms with van der Waals surface area (Å²) in [5, 5.41) is 3.20. The normalized spacial score (nSPS) is 10.7. The van der Waals surface area contributed by atoms with Gasteiger partial charge in [0.15, 0.2) is 0 Å². The van der Waals surface area contributed by atoms with E-state index in [1.54, 1.807) is 12.4 Å². The van der Waals surface area contributed by atoms with Crippen molar-refractivity contribution in [2.75, 3.05) is 11.9 Å². The van der Waals surface area contributed by atoms with Crippen molar-refractivity contribution in [3.8, 4) is 5.75 Å². The van der Waals surface area contributed by atoms with Gasteiger partial charge in [-0.05, 0) is 30.0 Å². The molecule has 0 aliphatic carbocycles. The Morgan fingerprint density at radius 1 is 1.19 bits per heavy atom. The van der Waals surface area contributed by atoms with Gasteiger partial charge in [-0.25, -0.2) is 4.98 Å². The standard InChI is InChI=1S/C17H23N3O/c1-4-8-18-17-11-19-15(10-20-17)12-21-16-7-5-6-14(9-16)13(2)3/h5-7,9-11,13H,4,8,12H2,1-3H3,(H,18,20). The zero-order chi connectivity index (χ0) is 15.1. The van der Waals surface area contributed by atoms with Gasteiger partial charge in [0.05, 0.1) is 18.1 Å². The lowest BCUT2D eigenvalue weighted by atomic mass is 10.0. The van der Waals surface area contributed by atoms with Crippen molar-refractivity contribution >= 4 is 5.82 Å². The Morgan fingerprint density at radius 3 is 2.71 bits per heavy atom. The highest BCUT2D eigenvalue weighted by Gasteiger charge is 2.02. The molecule has 0 saturated heterocycles. The van der Waals surface area contributed by atoms with E-state index in [4.69, 9.17) is 4.74 Å². The van der Waals surface area contributed by atoms with Gasteiger partial charge in [0.2, 0.25) is 0 Å². The minimum absolute atomic E-state index is 0.433. The van der Waals surface area contributed by atoms with Crippen molar-refractivity contribution in [1.29, 1.82) is 0 Å².